The van der Waals surface area contributed by atoms with Crippen LogP contribution in [0, 0.1) is 0 Å². The molecule has 0 radical (unpaired) electrons. The van der Waals surface area contributed by atoms with E-state index in [-0.39, 0.29) is 23.7 Å². The van der Waals surface area contributed by atoms with E-state index >= 15 is 0 Å². The van der Waals surface area contributed by atoms with Gasteiger partial charge in [0, 0.05) is 26.2 Å². The Labute approximate surface area is 96.8 Å². The highest BCUT2D eigenvalue weighted by Gasteiger charge is 2.22. The minimum atomic E-state index is -0.381. The van der Waals surface area contributed by atoms with Gasteiger partial charge in [-0.3, -0.25) is 4.79 Å². The lowest BCUT2D eigenvalue weighted by molar-refractivity contribution is -0.132. The summed E-state index contributed by atoms with van der Waals surface area (Å²) in [6.07, 6.45) is 0. The monoisotopic (exact) mass is 240 g/mol. The fraction of sp³-hybridized carbons (Fsp3) is 0.889. The average molecular weight is 241 g/mol. The van der Waals surface area contributed by atoms with Crippen LogP contribution in [-0.4, -0.2) is 53.8 Å². The summed E-state index contributed by atoms with van der Waals surface area (Å²) < 4.78 is 0. The van der Waals surface area contributed by atoms with Crippen LogP contribution in [0.4, 0.5) is 0 Å². The topological polar surface area (TPSA) is 23.6 Å². The van der Waals surface area contributed by atoms with Crippen LogP contribution in [0.1, 0.15) is 13.8 Å². The zero-order valence-electron chi connectivity index (χ0n) is 8.70. The highest BCUT2D eigenvalue weighted by Crippen LogP contribution is 2.06. The van der Waals surface area contributed by atoms with E-state index in [2.05, 4.69) is 11.8 Å². The summed E-state index contributed by atoms with van der Waals surface area (Å²) in [6.45, 7) is 8.54. The lowest BCUT2D eigenvalue weighted by Gasteiger charge is -2.34. The highest BCUT2D eigenvalue weighted by atomic mass is 35.5. The van der Waals surface area contributed by atoms with Crippen molar-refractivity contribution in [3.05, 3.63) is 0 Å². The molecule has 14 heavy (non-hydrogen) atoms. The van der Waals surface area contributed by atoms with E-state index in [0.717, 1.165) is 32.7 Å². The van der Waals surface area contributed by atoms with Gasteiger partial charge in [0.2, 0.25) is 5.91 Å². The second-order valence-electron chi connectivity index (χ2n) is 3.38. The van der Waals surface area contributed by atoms with E-state index in [0.29, 0.717) is 0 Å². The lowest BCUT2D eigenvalue weighted by atomic mass is 10.3. The van der Waals surface area contributed by atoms with Gasteiger partial charge in [0.05, 0.1) is 0 Å². The zero-order chi connectivity index (χ0) is 9.84. The third kappa shape index (κ3) is 3.64. The summed E-state index contributed by atoms with van der Waals surface area (Å²) >= 11 is 5.73. The minimum absolute atomic E-state index is 0. The van der Waals surface area contributed by atoms with Gasteiger partial charge in [-0.1, -0.05) is 6.92 Å². The summed E-state index contributed by atoms with van der Waals surface area (Å²) in [5.74, 6) is 0.0671. The Morgan fingerprint density at radius 1 is 1.36 bits per heavy atom. The number of hydrogen-bond donors (Lipinski definition) is 0. The number of rotatable bonds is 2. The first kappa shape index (κ1) is 14.0. The van der Waals surface area contributed by atoms with Gasteiger partial charge in [-0.2, -0.15) is 0 Å². The van der Waals surface area contributed by atoms with Crippen molar-refractivity contribution < 1.29 is 4.79 Å². The Balaban J connectivity index is 0.00000169. The van der Waals surface area contributed by atoms with E-state index in [4.69, 9.17) is 11.6 Å². The van der Waals surface area contributed by atoms with Crippen molar-refractivity contribution >= 4 is 29.9 Å². The second kappa shape index (κ2) is 6.49. The van der Waals surface area contributed by atoms with Gasteiger partial charge in [-0.05, 0) is 13.5 Å². The molecule has 84 valence electrons. The Morgan fingerprint density at radius 3 is 2.21 bits per heavy atom. The summed E-state index contributed by atoms with van der Waals surface area (Å²) in [5, 5.41) is -0.381. The van der Waals surface area contributed by atoms with Crippen LogP contribution in [-0.2, 0) is 4.79 Å². The molecule has 1 rings (SSSR count). The molecule has 1 atom stereocenters. The molecule has 1 aliphatic rings. The molecule has 0 aromatic rings. The van der Waals surface area contributed by atoms with Crippen molar-refractivity contribution in [3.63, 3.8) is 0 Å². The molecule has 1 heterocycles. The Bertz CT molecular complexity index is 180. The molecule has 0 spiro atoms. The molecule has 0 N–H and O–H groups in total. The number of nitrogens with zero attached hydrogens (tertiary/aromatic N) is 2. The van der Waals surface area contributed by atoms with E-state index in [9.17, 15) is 4.79 Å². The maximum Gasteiger partial charge on any atom is 0.240 e. The Kier molecular flexibility index (Phi) is 6.49. The predicted molar refractivity (Wildman–Crippen MR) is 61.3 cm³/mol. The van der Waals surface area contributed by atoms with Crippen molar-refractivity contribution in [1.29, 1.82) is 0 Å². The molecular weight excluding hydrogens is 223 g/mol. The highest BCUT2D eigenvalue weighted by molar-refractivity contribution is 6.30. The smallest absolute Gasteiger partial charge is 0.240 e. The van der Waals surface area contributed by atoms with Gasteiger partial charge >= 0.3 is 0 Å². The first-order chi connectivity index (χ1) is 6.15. The van der Waals surface area contributed by atoms with Crippen LogP contribution in [0.25, 0.3) is 0 Å². The van der Waals surface area contributed by atoms with Crippen LogP contribution in [0.5, 0.6) is 0 Å². The van der Waals surface area contributed by atoms with Crippen LogP contribution < -0.4 is 0 Å². The van der Waals surface area contributed by atoms with E-state index in [1.54, 1.807) is 6.92 Å². The molecule has 1 amide bonds. The number of hydrogen-bond acceptors (Lipinski definition) is 2. The summed E-state index contributed by atoms with van der Waals surface area (Å²) in [7, 11) is 0. The molecular formula is C9H18Cl2N2O. The molecule has 0 aromatic carbocycles. The summed E-state index contributed by atoms with van der Waals surface area (Å²) in [6, 6.07) is 0. The van der Waals surface area contributed by atoms with Crippen molar-refractivity contribution in [2.75, 3.05) is 32.7 Å². The van der Waals surface area contributed by atoms with Gasteiger partial charge in [-0.15, -0.1) is 24.0 Å². The van der Waals surface area contributed by atoms with Crippen LogP contribution in [0.3, 0.4) is 0 Å². The van der Waals surface area contributed by atoms with Gasteiger partial charge in [0.15, 0.2) is 0 Å². The maximum absolute atomic E-state index is 11.5. The van der Waals surface area contributed by atoms with Crippen LogP contribution in [0.2, 0.25) is 0 Å². The third-order valence-electron chi connectivity index (χ3n) is 2.47. The first-order valence-corrected chi connectivity index (χ1v) is 5.24. The average Bonchev–Trinajstić information content (AvgIpc) is 2.17. The number of alkyl halides is 1. The summed E-state index contributed by atoms with van der Waals surface area (Å²) in [5.41, 5.74) is 0. The van der Waals surface area contributed by atoms with Gasteiger partial charge in [0.1, 0.15) is 5.38 Å². The molecule has 0 saturated carbocycles. The Hall–Kier alpha value is 0.01000. The second-order valence-corrected chi connectivity index (χ2v) is 4.03. The van der Waals surface area contributed by atoms with Gasteiger partial charge in [-0.25, -0.2) is 0 Å². The zero-order valence-corrected chi connectivity index (χ0v) is 10.3. The molecule has 1 aliphatic heterocycles. The number of amides is 1. The third-order valence-corrected chi connectivity index (χ3v) is 2.66. The van der Waals surface area contributed by atoms with Crippen molar-refractivity contribution in [3.8, 4) is 0 Å². The van der Waals surface area contributed by atoms with Crippen molar-refractivity contribution in [1.82, 2.24) is 9.80 Å². The number of carbonyl (C=O) groups excluding carboxylic acids is 1. The van der Waals surface area contributed by atoms with E-state index < -0.39 is 0 Å². The van der Waals surface area contributed by atoms with Crippen LogP contribution >= 0.6 is 24.0 Å². The number of carbonyl (C=O) groups is 1. The molecule has 1 saturated heterocycles. The fourth-order valence-electron chi connectivity index (χ4n) is 1.54. The SMILES string of the molecule is CCN1CCN(C(=O)C(C)Cl)CC1.Cl. The molecule has 1 fully saturated rings. The minimum Gasteiger partial charge on any atom is -0.339 e. The predicted octanol–water partition coefficient (Wildman–Crippen LogP) is 1.20. The molecule has 0 aromatic heterocycles. The Morgan fingerprint density at radius 2 is 1.86 bits per heavy atom. The number of piperazine rings is 1. The largest absolute Gasteiger partial charge is 0.339 e. The molecule has 3 nitrogen and oxygen atoms in total. The van der Waals surface area contributed by atoms with Crippen molar-refractivity contribution in [2.45, 2.75) is 19.2 Å². The van der Waals surface area contributed by atoms with Gasteiger partial charge < -0.3 is 9.80 Å². The molecule has 0 aliphatic carbocycles. The molecule has 1 unspecified atom stereocenters. The standard InChI is InChI=1S/C9H17ClN2O.ClH/c1-3-11-4-6-12(7-5-11)9(13)8(2)10;/h8H,3-7H2,1-2H3;1H. The lowest BCUT2D eigenvalue weighted by Crippen LogP contribution is -2.50. The maximum atomic E-state index is 11.5. The number of halogens is 2. The molecule has 0 bridgehead atoms. The van der Waals surface area contributed by atoms with E-state index in [1.165, 1.54) is 0 Å². The first-order valence-electron chi connectivity index (χ1n) is 4.80. The normalized spacial score (nSPS) is 20.1. The fourth-order valence-corrected chi connectivity index (χ4v) is 1.67. The quantitative estimate of drug-likeness (QED) is 0.678. The van der Waals surface area contributed by atoms with Crippen LogP contribution in [0.15, 0.2) is 0 Å². The molecule has 5 heteroatoms. The number of likely N-dealkylation sites (N-methyl/N-ethyl adjacent to an activating group) is 1. The van der Waals surface area contributed by atoms with E-state index in [1.807, 2.05) is 4.90 Å². The van der Waals surface area contributed by atoms with Gasteiger partial charge in [0.25, 0.3) is 0 Å². The van der Waals surface area contributed by atoms with Crippen molar-refractivity contribution in [2.24, 2.45) is 0 Å². The summed E-state index contributed by atoms with van der Waals surface area (Å²) in [4.78, 5) is 15.7.